The van der Waals surface area contributed by atoms with Gasteiger partial charge in [0, 0.05) is 17.8 Å². The second-order valence-corrected chi connectivity index (χ2v) is 4.37. The summed E-state index contributed by atoms with van der Waals surface area (Å²) in [5.74, 6) is -0.299. The van der Waals surface area contributed by atoms with Crippen molar-refractivity contribution in [2.45, 2.75) is 6.92 Å². The minimum atomic E-state index is -0.299. The molecule has 2 heterocycles. The van der Waals surface area contributed by atoms with Crippen molar-refractivity contribution in [1.29, 1.82) is 0 Å². The summed E-state index contributed by atoms with van der Waals surface area (Å²) in [5, 5.41) is 5.46. The second-order valence-electron chi connectivity index (χ2n) is 3.10. The van der Waals surface area contributed by atoms with Gasteiger partial charge in [-0.3, -0.25) is 15.1 Å². The summed E-state index contributed by atoms with van der Waals surface area (Å²) in [7, 11) is 0. The van der Waals surface area contributed by atoms with Crippen LogP contribution in [0.2, 0.25) is 5.02 Å². The highest BCUT2D eigenvalue weighted by atomic mass is 35.5. The summed E-state index contributed by atoms with van der Waals surface area (Å²) in [6, 6.07) is 1.57. The van der Waals surface area contributed by atoms with Crippen molar-refractivity contribution in [3.05, 3.63) is 40.1 Å². The van der Waals surface area contributed by atoms with Gasteiger partial charge in [-0.05, 0) is 13.0 Å². The molecule has 1 N–H and O–H groups in total. The molecule has 0 fully saturated rings. The highest BCUT2D eigenvalue weighted by Gasteiger charge is 2.11. The number of hydrogen-bond donors (Lipinski definition) is 1. The molecule has 4 nitrogen and oxygen atoms in total. The van der Waals surface area contributed by atoms with Crippen LogP contribution in [0.25, 0.3) is 0 Å². The van der Waals surface area contributed by atoms with Gasteiger partial charge in [0.1, 0.15) is 0 Å². The third kappa shape index (κ3) is 2.37. The summed E-state index contributed by atoms with van der Waals surface area (Å²) in [6.07, 6.45) is 2.96. The van der Waals surface area contributed by atoms with Gasteiger partial charge >= 0.3 is 0 Å². The lowest BCUT2D eigenvalue weighted by atomic mass is 10.3. The number of anilines is 1. The largest absolute Gasteiger partial charge is 0.298 e. The summed E-state index contributed by atoms with van der Waals surface area (Å²) >= 11 is 7.24. The Bertz CT molecular complexity index is 526. The van der Waals surface area contributed by atoms with E-state index in [9.17, 15) is 4.79 Å². The zero-order chi connectivity index (χ0) is 11.5. The number of aryl methyl sites for hydroxylation is 1. The van der Waals surface area contributed by atoms with Crippen LogP contribution in [0.15, 0.2) is 23.8 Å². The van der Waals surface area contributed by atoms with Gasteiger partial charge in [-0.2, -0.15) is 0 Å². The van der Waals surface area contributed by atoms with Crippen molar-refractivity contribution < 1.29 is 4.79 Å². The zero-order valence-corrected chi connectivity index (χ0v) is 9.97. The van der Waals surface area contributed by atoms with Crippen molar-refractivity contribution in [3.8, 4) is 0 Å². The maximum atomic E-state index is 11.8. The van der Waals surface area contributed by atoms with E-state index >= 15 is 0 Å². The normalized spacial score (nSPS) is 10.1. The number of carbonyl (C=O) groups excluding carboxylic acids is 1. The van der Waals surface area contributed by atoms with E-state index in [0.717, 1.165) is 5.69 Å². The molecule has 0 saturated heterocycles. The molecule has 0 aliphatic rings. The van der Waals surface area contributed by atoms with E-state index in [1.807, 2.05) is 12.3 Å². The molecule has 82 valence electrons. The van der Waals surface area contributed by atoms with Gasteiger partial charge in [-0.1, -0.05) is 11.6 Å². The number of rotatable bonds is 2. The minimum absolute atomic E-state index is 0.299. The molecule has 2 aromatic rings. The third-order valence-corrected chi connectivity index (χ3v) is 3.06. The van der Waals surface area contributed by atoms with Gasteiger partial charge in [0.15, 0.2) is 5.13 Å². The van der Waals surface area contributed by atoms with E-state index in [4.69, 9.17) is 11.6 Å². The number of nitrogens with zero attached hydrogens (tertiary/aromatic N) is 2. The Hall–Kier alpha value is -1.46. The Morgan fingerprint density at radius 2 is 2.38 bits per heavy atom. The molecule has 16 heavy (non-hydrogen) atoms. The number of nitrogens with one attached hydrogen (secondary N) is 1. The number of thiazole rings is 1. The van der Waals surface area contributed by atoms with E-state index < -0.39 is 0 Å². The first-order valence-corrected chi connectivity index (χ1v) is 5.75. The van der Waals surface area contributed by atoms with Crippen LogP contribution in [0, 0.1) is 6.92 Å². The molecule has 0 unspecified atom stereocenters. The highest BCUT2D eigenvalue weighted by Crippen LogP contribution is 2.18. The number of carbonyl (C=O) groups is 1. The molecule has 0 aliphatic carbocycles. The molecule has 0 atom stereocenters. The van der Waals surface area contributed by atoms with Gasteiger partial charge in [-0.25, -0.2) is 4.98 Å². The lowest BCUT2D eigenvalue weighted by molar-refractivity contribution is 0.102. The second kappa shape index (κ2) is 4.59. The van der Waals surface area contributed by atoms with Crippen LogP contribution in [-0.4, -0.2) is 15.9 Å². The Morgan fingerprint density at radius 1 is 1.56 bits per heavy atom. The highest BCUT2D eigenvalue weighted by molar-refractivity contribution is 7.13. The number of aromatic nitrogens is 2. The van der Waals surface area contributed by atoms with Crippen molar-refractivity contribution in [2.75, 3.05) is 5.32 Å². The average Bonchev–Trinajstić information content (AvgIpc) is 2.64. The van der Waals surface area contributed by atoms with Crippen LogP contribution >= 0.6 is 22.9 Å². The van der Waals surface area contributed by atoms with Crippen LogP contribution in [0.5, 0.6) is 0 Å². The van der Waals surface area contributed by atoms with Crippen LogP contribution in [-0.2, 0) is 0 Å². The summed E-state index contributed by atoms with van der Waals surface area (Å²) < 4.78 is 0. The van der Waals surface area contributed by atoms with E-state index in [0.29, 0.717) is 15.7 Å². The summed E-state index contributed by atoms with van der Waals surface area (Å²) in [5.41, 5.74) is 1.22. The van der Waals surface area contributed by atoms with Gasteiger partial charge in [0.2, 0.25) is 0 Å². The van der Waals surface area contributed by atoms with Gasteiger partial charge in [0.25, 0.3) is 5.91 Å². The van der Waals surface area contributed by atoms with E-state index in [-0.39, 0.29) is 5.91 Å². The summed E-state index contributed by atoms with van der Waals surface area (Å²) in [6.45, 7) is 1.86. The lowest BCUT2D eigenvalue weighted by Gasteiger charge is -2.02. The van der Waals surface area contributed by atoms with Crippen LogP contribution < -0.4 is 5.32 Å². The predicted octanol–water partition coefficient (Wildman–Crippen LogP) is 2.75. The van der Waals surface area contributed by atoms with Gasteiger partial charge in [-0.15, -0.1) is 11.3 Å². The molecule has 2 aromatic heterocycles. The number of halogens is 1. The lowest BCUT2D eigenvalue weighted by Crippen LogP contribution is -2.12. The Morgan fingerprint density at radius 3 is 3.00 bits per heavy atom. The molecule has 6 heteroatoms. The van der Waals surface area contributed by atoms with Gasteiger partial charge < -0.3 is 0 Å². The topological polar surface area (TPSA) is 54.9 Å². The summed E-state index contributed by atoms with van der Waals surface area (Å²) in [4.78, 5) is 19.8. The SMILES string of the molecule is Cc1csc(NC(=O)c2cnccc2Cl)n1. The molecule has 1 amide bonds. The van der Waals surface area contributed by atoms with Crippen molar-refractivity contribution in [2.24, 2.45) is 0 Å². The van der Waals surface area contributed by atoms with Crippen molar-refractivity contribution in [3.63, 3.8) is 0 Å². The molecule has 0 aromatic carbocycles. The molecule has 0 radical (unpaired) electrons. The molecule has 2 rings (SSSR count). The van der Waals surface area contributed by atoms with E-state index in [1.165, 1.54) is 23.7 Å². The maximum Gasteiger partial charge on any atom is 0.260 e. The zero-order valence-electron chi connectivity index (χ0n) is 8.40. The quantitative estimate of drug-likeness (QED) is 0.895. The molecular formula is C10H8ClN3OS. The fourth-order valence-corrected chi connectivity index (χ4v) is 1.99. The molecule has 0 bridgehead atoms. The van der Waals surface area contributed by atoms with Crippen LogP contribution in [0.3, 0.4) is 0 Å². The first-order valence-electron chi connectivity index (χ1n) is 4.50. The average molecular weight is 254 g/mol. The first kappa shape index (κ1) is 11.0. The molecule has 0 saturated carbocycles. The fraction of sp³-hybridized carbons (Fsp3) is 0.100. The van der Waals surface area contributed by atoms with E-state index in [2.05, 4.69) is 15.3 Å². The molecule has 0 spiro atoms. The smallest absolute Gasteiger partial charge is 0.260 e. The maximum absolute atomic E-state index is 11.8. The third-order valence-electron chi connectivity index (χ3n) is 1.85. The fourth-order valence-electron chi connectivity index (χ4n) is 1.12. The number of amides is 1. The van der Waals surface area contributed by atoms with Crippen LogP contribution in [0.1, 0.15) is 16.1 Å². The van der Waals surface area contributed by atoms with Crippen molar-refractivity contribution in [1.82, 2.24) is 9.97 Å². The van der Waals surface area contributed by atoms with Crippen molar-refractivity contribution >= 4 is 34.0 Å². The van der Waals surface area contributed by atoms with E-state index in [1.54, 1.807) is 6.07 Å². The van der Waals surface area contributed by atoms with Crippen LogP contribution in [0.4, 0.5) is 5.13 Å². The Balaban J connectivity index is 2.18. The Labute approximate surface area is 101 Å². The standard InChI is InChI=1S/C10H8ClN3OS/c1-6-5-16-10(13-6)14-9(15)7-4-12-3-2-8(7)11/h2-5H,1H3,(H,13,14,15). The number of pyridine rings is 1. The minimum Gasteiger partial charge on any atom is -0.298 e. The Kier molecular flexibility index (Phi) is 3.17. The monoisotopic (exact) mass is 253 g/mol. The number of hydrogen-bond acceptors (Lipinski definition) is 4. The molecular weight excluding hydrogens is 246 g/mol. The predicted molar refractivity (Wildman–Crippen MR) is 64.1 cm³/mol. The van der Waals surface area contributed by atoms with Gasteiger partial charge in [0.05, 0.1) is 16.3 Å². The first-order chi connectivity index (χ1) is 7.66. The molecule has 0 aliphatic heterocycles.